The van der Waals surface area contributed by atoms with E-state index in [0.717, 1.165) is 24.2 Å². The molecule has 0 atom stereocenters. The van der Waals surface area contributed by atoms with E-state index in [9.17, 15) is 4.79 Å². The molecule has 0 aromatic heterocycles. The van der Waals surface area contributed by atoms with Crippen molar-refractivity contribution in [1.82, 2.24) is 0 Å². The molecule has 1 aliphatic heterocycles. The van der Waals surface area contributed by atoms with Gasteiger partial charge >= 0.3 is 0 Å². The fourth-order valence-electron chi connectivity index (χ4n) is 2.92. The second-order valence-electron chi connectivity index (χ2n) is 4.96. The van der Waals surface area contributed by atoms with E-state index in [1.165, 1.54) is 12.8 Å². The molecule has 1 aromatic rings. The van der Waals surface area contributed by atoms with Crippen molar-refractivity contribution in [3.63, 3.8) is 0 Å². The van der Waals surface area contributed by atoms with Gasteiger partial charge in [-0.3, -0.25) is 4.79 Å². The molecular weight excluding hydrogens is 226 g/mol. The van der Waals surface area contributed by atoms with Crippen molar-refractivity contribution >= 4 is 17.3 Å². The first-order valence-corrected chi connectivity index (χ1v) is 6.38. The Hall–Kier alpha value is -2.02. The van der Waals surface area contributed by atoms with E-state index in [-0.39, 0.29) is 5.91 Å². The van der Waals surface area contributed by atoms with Gasteiger partial charge in [0.1, 0.15) is 0 Å². The fourth-order valence-corrected chi connectivity index (χ4v) is 2.92. The lowest BCUT2D eigenvalue weighted by Gasteiger charge is -2.35. The topological polar surface area (TPSA) is 56.1 Å². The van der Waals surface area contributed by atoms with E-state index >= 15 is 0 Å². The Morgan fingerprint density at radius 3 is 2.83 bits per heavy atom. The smallest absolute Gasteiger partial charge is 0.243 e. The van der Waals surface area contributed by atoms with Crippen LogP contribution in [-0.2, 0) is 4.79 Å². The first-order valence-electron chi connectivity index (χ1n) is 6.38. The number of anilines is 2. The van der Waals surface area contributed by atoms with E-state index in [2.05, 4.69) is 16.3 Å². The Morgan fingerprint density at radius 2 is 2.11 bits per heavy atom. The van der Waals surface area contributed by atoms with Crippen LogP contribution in [0.15, 0.2) is 18.2 Å². The number of carbonyl (C=O) groups excluding carboxylic acids is 1. The van der Waals surface area contributed by atoms with Crippen molar-refractivity contribution in [2.45, 2.75) is 31.7 Å². The maximum Gasteiger partial charge on any atom is 0.243 e. The molecule has 1 N–H and O–H groups in total. The van der Waals surface area contributed by atoms with Crippen molar-refractivity contribution < 1.29 is 4.79 Å². The van der Waals surface area contributed by atoms with E-state index in [0.29, 0.717) is 18.2 Å². The summed E-state index contributed by atoms with van der Waals surface area (Å²) in [5, 5.41) is 11.9. The van der Waals surface area contributed by atoms with Crippen LogP contribution in [0.1, 0.15) is 31.2 Å². The molecule has 1 saturated carbocycles. The number of nitriles is 1. The Labute approximate surface area is 106 Å². The second kappa shape index (κ2) is 4.34. The van der Waals surface area contributed by atoms with Gasteiger partial charge in [-0.25, -0.2) is 0 Å². The number of fused-ring (bicyclic) bond motifs is 1. The lowest BCUT2D eigenvalue weighted by atomic mass is 10.1. The average Bonchev–Trinajstić information content (AvgIpc) is 2.91. The van der Waals surface area contributed by atoms with Gasteiger partial charge < -0.3 is 10.2 Å². The lowest BCUT2D eigenvalue weighted by molar-refractivity contribution is -0.115. The molecule has 0 radical (unpaired) electrons. The molecular formula is C14H15N3O. The third-order valence-electron chi connectivity index (χ3n) is 3.79. The highest BCUT2D eigenvalue weighted by Crippen LogP contribution is 2.35. The zero-order valence-corrected chi connectivity index (χ0v) is 10.1. The predicted molar refractivity (Wildman–Crippen MR) is 69.4 cm³/mol. The van der Waals surface area contributed by atoms with Crippen LogP contribution in [0.5, 0.6) is 0 Å². The van der Waals surface area contributed by atoms with Gasteiger partial charge in [-0.05, 0) is 31.0 Å². The standard InChI is InChI=1S/C14H15N3O/c15-8-10-5-6-12-13(7-10)17(9-14(18)16-12)11-3-1-2-4-11/h5-7,11H,1-4,9H2,(H,16,18). The second-order valence-corrected chi connectivity index (χ2v) is 4.96. The highest BCUT2D eigenvalue weighted by atomic mass is 16.2. The Kier molecular flexibility index (Phi) is 2.67. The molecule has 3 rings (SSSR count). The monoisotopic (exact) mass is 241 g/mol. The number of hydrogen-bond acceptors (Lipinski definition) is 3. The molecule has 1 fully saturated rings. The number of nitrogens with zero attached hydrogens (tertiary/aromatic N) is 2. The molecule has 4 heteroatoms. The summed E-state index contributed by atoms with van der Waals surface area (Å²) < 4.78 is 0. The van der Waals surface area contributed by atoms with E-state index in [1.54, 1.807) is 6.07 Å². The van der Waals surface area contributed by atoms with Crippen molar-refractivity contribution in [3.05, 3.63) is 23.8 Å². The van der Waals surface area contributed by atoms with Crippen LogP contribution < -0.4 is 10.2 Å². The first kappa shape index (κ1) is 11.1. The summed E-state index contributed by atoms with van der Waals surface area (Å²) in [5.41, 5.74) is 2.48. The fraction of sp³-hybridized carbons (Fsp3) is 0.429. The number of hydrogen-bond donors (Lipinski definition) is 1. The average molecular weight is 241 g/mol. The molecule has 1 aliphatic carbocycles. The van der Waals surface area contributed by atoms with Crippen LogP contribution in [0.2, 0.25) is 0 Å². The molecule has 2 aliphatic rings. The lowest BCUT2D eigenvalue weighted by Crippen LogP contribution is -2.43. The molecule has 92 valence electrons. The third kappa shape index (κ3) is 1.82. The summed E-state index contributed by atoms with van der Waals surface area (Å²) in [6, 6.07) is 8.06. The largest absolute Gasteiger partial charge is 0.358 e. The third-order valence-corrected chi connectivity index (χ3v) is 3.79. The zero-order chi connectivity index (χ0) is 12.5. The van der Waals surface area contributed by atoms with Gasteiger partial charge in [0.15, 0.2) is 0 Å². The van der Waals surface area contributed by atoms with Crippen molar-refractivity contribution in [1.29, 1.82) is 5.26 Å². The molecule has 1 heterocycles. The minimum Gasteiger partial charge on any atom is -0.358 e. The summed E-state index contributed by atoms with van der Waals surface area (Å²) in [6.07, 6.45) is 4.75. The maximum atomic E-state index is 11.7. The van der Waals surface area contributed by atoms with E-state index in [1.807, 2.05) is 12.1 Å². The highest BCUT2D eigenvalue weighted by molar-refractivity contribution is 6.01. The molecule has 18 heavy (non-hydrogen) atoms. The van der Waals surface area contributed by atoms with Gasteiger partial charge in [0, 0.05) is 6.04 Å². The van der Waals surface area contributed by atoms with Crippen LogP contribution in [0, 0.1) is 11.3 Å². The number of benzene rings is 1. The van der Waals surface area contributed by atoms with Gasteiger partial charge in [-0.2, -0.15) is 5.26 Å². The van der Waals surface area contributed by atoms with Gasteiger partial charge in [0.05, 0.1) is 29.6 Å². The Morgan fingerprint density at radius 1 is 1.33 bits per heavy atom. The summed E-state index contributed by atoms with van der Waals surface area (Å²) in [7, 11) is 0. The van der Waals surface area contributed by atoms with Gasteiger partial charge in [0.25, 0.3) is 0 Å². The van der Waals surface area contributed by atoms with Gasteiger partial charge in [-0.15, -0.1) is 0 Å². The Balaban J connectivity index is 2.01. The molecule has 4 nitrogen and oxygen atoms in total. The molecule has 1 amide bonds. The number of nitrogens with one attached hydrogen (secondary N) is 1. The highest BCUT2D eigenvalue weighted by Gasteiger charge is 2.29. The molecule has 1 aromatic carbocycles. The number of amides is 1. The summed E-state index contributed by atoms with van der Waals surface area (Å²) in [5.74, 6) is 0.0408. The van der Waals surface area contributed by atoms with Crippen LogP contribution >= 0.6 is 0 Å². The summed E-state index contributed by atoms with van der Waals surface area (Å²) in [4.78, 5) is 13.9. The van der Waals surface area contributed by atoms with Crippen LogP contribution in [0.4, 0.5) is 11.4 Å². The van der Waals surface area contributed by atoms with Gasteiger partial charge in [0.2, 0.25) is 5.91 Å². The molecule has 0 bridgehead atoms. The van der Waals surface area contributed by atoms with Crippen LogP contribution in [-0.4, -0.2) is 18.5 Å². The predicted octanol–water partition coefficient (Wildman–Crippen LogP) is 2.26. The number of carbonyl (C=O) groups is 1. The minimum absolute atomic E-state index is 0.0408. The first-order chi connectivity index (χ1) is 8.78. The van der Waals surface area contributed by atoms with Gasteiger partial charge in [-0.1, -0.05) is 12.8 Å². The molecule has 0 spiro atoms. The van der Waals surface area contributed by atoms with Crippen molar-refractivity contribution in [2.75, 3.05) is 16.8 Å². The molecule has 0 saturated heterocycles. The number of rotatable bonds is 1. The van der Waals surface area contributed by atoms with E-state index < -0.39 is 0 Å². The van der Waals surface area contributed by atoms with Crippen LogP contribution in [0.3, 0.4) is 0 Å². The van der Waals surface area contributed by atoms with E-state index in [4.69, 9.17) is 5.26 Å². The zero-order valence-electron chi connectivity index (χ0n) is 10.1. The van der Waals surface area contributed by atoms with Crippen molar-refractivity contribution in [3.8, 4) is 6.07 Å². The Bertz CT molecular complexity index is 526. The quantitative estimate of drug-likeness (QED) is 0.820. The molecule has 0 unspecified atom stereocenters. The normalized spacial score (nSPS) is 19.3. The minimum atomic E-state index is 0.0408. The van der Waals surface area contributed by atoms with Crippen LogP contribution in [0.25, 0.3) is 0 Å². The summed E-state index contributed by atoms with van der Waals surface area (Å²) in [6.45, 7) is 0.409. The maximum absolute atomic E-state index is 11.7. The summed E-state index contributed by atoms with van der Waals surface area (Å²) >= 11 is 0. The van der Waals surface area contributed by atoms with Crippen molar-refractivity contribution in [2.24, 2.45) is 0 Å². The SMILES string of the molecule is N#Cc1ccc2c(c1)N(C1CCCC1)CC(=O)N2.